The van der Waals surface area contributed by atoms with Gasteiger partial charge in [0.15, 0.2) is 12.4 Å². The number of hydrogen-bond acceptors (Lipinski definition) is 2. The molecule has 19 heavy (non-hydrogen) atoms. The average molecular weight is 256 g/mol. The Hall–Kier alpha value is -2.23. The van der Waals surface area contributed by atoms with Gasteiger partial charge in [-0.25, -0.2) is 4.57 Å². The van der Waals surface area contributed by atoms with Crippen molar-refractivity contribution < 1.29 is 9.36 Å². The summed E-state index contributed by atoms with van der Waals surface area (Å²) in [6.07, 6.45) is 9.83. The smallest absolute Gasteiger partial charge is 0.224 e. The minimum atomic E-state index is 0.0473. The molecule has 4 nitrogen and oxygen atoms in total. The standard InChI is InChI=1S/C15H17N3O/c19-15(17-14-7-6-9-16-13-14)8-2-5-12-18-10-3-1-4-11-18/h1,3-4,6-7,9-11,13H,2,5,8,12H2/p+1. The quantitative estimate of drug-likeness (QED) is 0.636. The summed E-state index contributed by atoms with van der Waals surface area (Å²) in [6.45, 7) is 0.945. The molecule has 0 radical (unpaired) electrons. The molecule has 0 saturated carbocycles. The fraction of sp³-hybridized carbons (Fsp3) is 0.267. The van der Waals surface area contributed by atoms with E-state index in [2.05, 4.69) is 14.9 Å². The van der Waals surface area contributed by atoms with Crippen molar-refractivity contribution in [3.63, 3.8) is 0 Å². The number of rotatable bonds is 6. The number of hydrogen-bond donors (Lipinski definition) is 1. The van der Waals surface area contributed by atoms with Crippen molar-refractivity contribution in [3.8, 4) is 0 Å². The third-order valence-electron chi connectivity index (χ3n) is 2.79. The van der Waals surface area contributed by atoms with Gasteiger partial charge in [0, 0.05) is 31.2 Å². The Balaban J connectivity index is 1.65. The van der Waals surface area contributed by atoms with Crippen molar-refractivity contribution in [3.05, 3.63) is 55.1 Å². The lowest BCUT2D eigenvalue weighted by Crippen LogP contribution is -2.32. The Kier molecular flexibility index (Phi) is 5.05. The van der Waals surface area contributed by atoms with Gasteiger partial charge in [-0.2, -0.15) is 0 Å². The van der Waals surface area contributed by atoms with Gasteiger partial charge >= 0.3 is 0 Å². The monoisotopic (exact) mass is 256 g/mol. The molecule has 0 fully saturated rings. The molecule has 1 N–H and O–H groups in total. The van der Waals surface area contributed by atoms with E-state index in [1.165, 1.54) is 0 Å². The van der Waals surface area contributed by atoms with Crippen molar-refractivity contribution in [2.45, 2.75) is 25.8 Å². The zero-order chi connectivity index (χ0) is 13.3. The zero-order valence-electron chi connectivity index (χ0n) is 10.8. The van der Waals surface area contributed by atoms with Crippen LogP contribution in [0.25, 0.3) is 0 Å². The molecule has 4 heteroatoms. The summed E-state index contributed by atoms with van der Waals surface area (Å²) >= 11 is 0. The Morgan fingerprint density at radius 2 is 2.00 bits per heavy atom. The maximum Gasteiger partial charge on any atom is 0.224 e. The van der Waals surface area contributed by atoms with Crippen molar-refractivity contribution in [1.29, 1.82) is 0 Å². The first kappa shape index (κ1) is 13.2. The van der Waals surface area contributed by atoms with Gasteiger partial charge in [0.1, 0.15) is 6.54 Å². The Bertz CT molecular complexity index is 499. The number of carbonyl (C=O) groups is 1. The highest BCUT2D eigenvalue weighted by Gasteiger charge is 2.03. The summed E-state index contributed by atoms with van der Waals surface area (Å²) < 4.78 is 2.12. The molecule has 0 aliphatic heterocycles. The summed E-state index contributed by atoms with van der Waals surface area (Å²) in [4.78, 5) is 15.6. The van der Waals surface area contributed by atoms with Gasteiger partial charge in [0.05, 0.1) is 11.9 Å². The summed E-state index contributed by atoms with van der Waals surface area (Å²) in [5, 5.41) is 2.83. The topological polar surface area (TPSA) is 45.9 Å². The molecule has 0 bridgehead atoms. The van der Waals surface area contributed by atoms with E-state index in [0.29, 0.717) is 6.42 Å². The number of pyridine rings is 2. The maximum atomic E-state index is 11.7. The summed E-state index contributed by atoms with van der Waals surface area (Å²) in [7, 11) is 0. The van der Waals surface area contributed by atoms with E-state index in [0.717, 1.165) is 25.1 Å². The van der Waals surface area contributed by atoms with E-state index in [-0.39, 0.29) is 5.91 Å². The van der Waals surface area contributed by atoms with Crippen molar-refractivity contribution in [1.82, 2.24) is 4.98 Å². The molecule has 0 aliphatic rings. The number of amides is 1. The van der Waals surface area contributed by atoms with Gasteiger partial charge in [0.25, 0.3) is 0 Å². The number of nitrogens with one attached hydrogen (secondary N) is 1. The Labute approximate surface area is 113 Å². The van der Waals surface area contributed by atoms with E-state index in [1.54, 1.807) is 12.4 Å². The van der Waals surface area contributed by atoms with Crippen LogP contribution >= 0.6 is 0 Å². The molecule has 0 atom stereocenters. The SMILES string of the molecule is O=C(CCCC[n+]1ccccc1)Nc1cccnc1. The number of unbranched alkanes of at least 4 members (excludes halogenated alkanes) is 1. The minimum absolute atomic E-state index is 0.0473. The Morgan fingerprint density at radius 1 is 1.16 bits per heavy atom. The second-order valence-corrected chi connectivity index (χ2v) is 4.36. The summed E-state index contributed by atoms with van der Waals surface area (Å²) in [5.41, 5.74) is 0.755. The van der Waals surface area contributed by atoms with E-state index >= 15 is 0 Å². The van der Waals surface area contributed by atoms with Crippen LogP contribution in [0.3, 0.4) is 0 Å². The molecule has 2 rings (SSSR count). The average Bonchev–Trinajstić information content (AvgIpc) is 2.46. The molecule has 0 unspecified atom stereocenters. The van der Waals surface area contributed by atoms with Crippen molar-refractivity contribution >= 4 is 11.6 Å². The van der Waals surface area contributed by atoms with Crippen LogP contribution in [0.5, 0.6) is 0 Å². The predicted molar refractivity (Wildman–Crippen MR) is 73.4 cm³/mol. The van der Waals surface area contributed by atoms with Crippen LogP contribution < -0.4 is 9.88 Å². The van der Waals surface area contributed by atoms with Crippen molar-refractivity contribution in [2.75, 3.05) is 5.32 Å². The minimum Gasteiger partial charge on any atom is -0.325 e. The first-order valence-corrected chi connectivity index (χ1v) is 6.48. The molecule has 0 aromatic carbocycles. The number of carbonyl (C=O) groups excluding carboxylic acids is 1. The molecule has 0 saturated heterocycles. The van der Waals surface area contributed by atoms with Gasteiger partial charge < -0.3 is 5.32 Å². The van der Waals surface area contributed by atoms with Crippen LogP contribution in [0, 0.1) is 0 Å². The van der Waals surface area contributed by atoms with Crippen LogP contribution in [-0.2, 0) is 11.3 Å². The molecular formula is C15H18N3O+. The van der Waals surface area contributed by atoms with E-state index in [4.69, 9.17) is 0 Å². The van der Waals surface area contributed by atoms with Crippen LogP contribution in [0.4, 0.5) is 5.69 Å². The molecular weight excluding hydrogens is 238 g/mol. The number of nitrogens with zero attached hydrogens (tertiary/aromatic N) is 2. The van der Waals surface area contributed by atoms with Gasteiger partial charge in [-0.3, -0.25) is 9.78 Å². The first-order valence-electron chi connectivity index (χ1n) is 6.48. The largest absolute Gasteiger partial charge is 0.325 e. The normalized spacial score (nSPS) is 10.1. The molecule has 2 aromatic heterocycles. The molecule has 1 amide bonds. The third kappa shape index (κ3) is 4.87. The first-order chi connectivity index (χ1) is 9.34. The zero-order valence-corrected chi connectivity index (χ0v) is 10.8. The third-order valence-corrected chi connectivity index (χ3v) is 2.79. The van der Waals surface area contributed by atoms with Gasteiger partial charge in [-0.15, -0.1) is 0 Å². The van der Waals surface area contributed by atoms with Gasteiger partial charge in [-0.05, 0) is 18.6 Å². The second-order valence-electron chi connectivity index (χ2n) is 4.36. The Morgan fingerprint density at radius 3 is 2.74 bits per heavy atom. The molecule has 2 heterocycles. The highest BCUT2D eigenvalue weighted by molar-refractivity contribution is 5.90. The number of anilines is 1. The summed E-state index contributed by atoms with van der Waals surface area (Å²) in [5.74, 6) is 0.0473. The number of aryl methyl sites for hydroxylation is 1. The van der Waals surface area contributed by atoms with E-state index in [9.17, 15) is 4.79 Å². The fourth-order valence-corrected chi connectivity index (χ4v) is 1.82. The van der Waals surface area contributed by atoms with Crippen LogP contribution in [0.1, 0.15) is 19.3 Å². The molecule has 98 valence electrons. The lowest BCUT2D eigenvalue weighted by Gasteiger charge is -2.03. The maximum absolute atomic E-state index is 11.7. The van der Waals surface area contributed by atoms with E-state index < -0.39 is 0 Å². The van der Waals surface area contributed by atoms with Crippen LogP contribution in [-0.4, -0.2) is 10.9 Å². The highest BCUT2D eigenvalue weighted by Crippen LogP contribution is 2.05. The lowest BCUT2D eigenvalue weighted by molar-refractivity contribution is -0.697. The van der Waals surface area contributed by atoms with E-state index in [1.807, 2.05) is 42.7 Å². The fourth-order valence-electron chi connectivity index (χ4n) is 1.82. The van der Waals surface area contributed by atoms with Gasteiger partial charge in [0.2, 0.25) is 5.91 Å². The lowest BCUT2D eigenvalue weighted by atomic mass is 10.2. The summed E-state index contributed by atoms with van der Waals surface area (Å²) in [6, 6.07) is 9.66. The predicted octanol–water partition coefficient (Wildman–Crippen LogP) is 2.18. The van der Waals surface area contributed by atoms with Gasteiger partial charge in [-0.1, -0.05) is 6.07 Å². The second kappa shape index (κ2) is 7.26. The molecule has 0 aliphatic carbocycles. The number of aromatic nitrogens is 2. The van der Waals surface area contributed by atoms with Crippen LogP contribution in [0.2, 0.25) is 0 Å². The molecule has 2 aromatic rings. The molecule has 0 spiro atoms. The highest BCUT2D eigenvalue weighted by atomic mass is 16.1. The van der Waals surface area contributed by atoms with Crippen LogP contribution in [0.15, 0.2) is 55.1 Å². The van der Waals surface area contributed by atoms with Crippen molar-refractivity contribution in [2.24, 2.45) is 0 Å².